The van der Waals surface area contributed by atoms with Crippen molar-refractivity contribution in [2.45, 2.75) is 25.5 Å². The van der Waals surface area contributed by atoms with Crippen LogP contribution in [0.25, 0.3) is 0 Å². The van der Waals surface area contributed by atoms with E-state index in [2.05, 4.69) is 15.3 Å². The van der Waals surface area contributed by atoms with Crippen LogP contribution in [-0.4, -0.2) is 22.8 Å². The van der Waals surface area contributed by atoms with Gasteiger partial charge in [0.15, 0.2) is 11.5 Å². The van der Waals surface area contributed by atoms with E-state index in [0.29, 0.717) is 11.5 Å². The lowest BCUT2D eigenvalue weighted by Gasteiger charge is -2.23. The highest BCUT2D eigenvalue weighted by atomic mass is 16.5. The molecule has 1 fully saturated rings. The van der Waals surface area contributed by atoms with Gasteiger partial charge in [0.05, 0.1) is 6.33 Å². The molecule has 2 N–H and O–H groups in total. The standard InChI is InChI=1S/C9H12N4O/c10-5-7-9(12-6-11-7)13-8-3-1-2-4-14-8/h6,8,13H,1-4H2,(H,11,12)/i5+1,10+1. The highest BCUT2D eigenvalue weighted by molar-refractivity contribution is 5.47. The van der Waals surface area contributed by atoms with Crippen molar-refractivity contribution in [3.63, 3.8) is 0 Å². The molecule has 14 heavy (non-hydrogen) atoms. The number of hydrogen-bond donors (Lipinski definition) is 2. The number of ether oxygens (including phenoxy) is 1. The predicted octanol–water partition coefficient (Wildman–Crippen LogP) is 1.22. The summed E-state index contributed by atoms with van der Waals surface area (Å²) in [7, 11) is 0. The average Bonchev–Trinajstić information content (AvgIpc) is 2.67. The van der Waals surface area contributed by atoms with Gasteiger partial charge >= 0.3 is 0 Å². The Bertz CT molecular complexity index is 335. The van der Waals surface area contributed by atoms with Crippen LogP contribution in [0.1, 0.15) is 25.0 Å². The van der Waals surface area contributed by atoms with Crippen LogP contribution in [0, 0.1) is 11.3 Å². The van der Waals surface area contributed by atoms with Crippen molar-refractivity contribution in [2.75, 3.05) is 11.9 Å². The molecule has 0 radical (unpaired) electrons. The Balaban J connectivity index is 1.99. The molecule has 1 aliphatic rings. The molecule has 0 aromatic carbocycles. The van der Waals surface area contributed by atoms with E-state index in [9.17, 15) is 0 Å². The quantitative estimate of drug-likeness (QED) is 0.548. The molecule has 2 rings (SSSR count). The number of anilines is 1. The number of H-pyrrole nitrogens is 1. The van der Waals surface area contributed by atoms with E-state index in [1.807, 2.05) is 6.07 Å². The Labute approximate surface area is 82.1 Å². The minimum absolute atomic E-state index is 0.000787. The van der Waals surface area contributed by atoms with Crippen molar-refractivity contribution in [1.82, 2.24) is 9.97 Å². The summed E-state index contributed by atoms with van der Waals surface area (Å²) in [4.78, 5) is 6.77. The van der Waals surface area contributed by atoms with Crippen LogP contribution < -0.4 is 5.32 Å². The van der Waals surface area contributed by atoms with Gasteiger partial charge in [-0.3, -0.25) is 0 Å². The second-order valence-electron chi connectivity index (χ2n) is 3.24. The van der Waals surface area contributed by atoms with Gasteiger partial charge in [-0.25, -0.2) is 4.98 Å². The summed E-state index contributed by atoms with van der Waals surface area (Å²) in [5.41, 5.74) is 0.458. The number of nitrogens with zero attached hydrogens (tertiary/aromatic N) is 2. The zero-order chi connectivity index (χ0) is 9.80. The van der Waals surface area contributed by atoms with E-state index in [-0.39, 0.29) is 6.23 Å². The van der Waals surface area contributed by atoms with E-state index in [0.717, 1.165) is 25.9 Å². The number of rotatable bonds is 2. The van der Waals surface area contributed by atoms with Crippen LogP contribution in [0.2, 0.25) is 0 Å². The minimum atomic E-state index is -0.000787. The zero-order valence-corrected chi connectivity index (χ0v) is 7.79. The van der Waals surface area contributed by atoms with Crippen molar-refractivity contribution in [1.29, 1.82) is 5.26 Å². The highest BCUT2D eigenvalue weighted by Crippen LogP contribution is 2.16. The largest absolute Gasteiger partial charge is 0.359 e. The number of nitriles is 1. The molecule has 1 unspecified atom stereocenters. The van der Waals surface area contributed by atoms with Gasteiger partial charge in [-0.1, -0.05) is 0 Å². The fourth-order valence-corrected chi connectivity index (χ4v) is 1.50. The van der Waals surface area contributed by atoms with E-state index in [1.165, 1.54) is 6.33 Å². The summed E-state index contributed by atoms with van der Waals surface area (Å²) in [5.74, 6) is 0.583. The molecule has 0 amide bonds. The SMILES string of the molecule is [15N]#[13C]c1[nH]cnc1NC1CCCCO1. The van der Waals surface area contributed by atoms with Gasteiger partial charge < -0.3 is 15.0 Å². The molecule has 0 saturated carbocycles. The molecule has 5 heteroatoms. The molecule has 74 valence electrons. The van der Waals surface area contributed by atoms with Gasteiger partial charge in [0.1, 0.15) is 12.3 Å². The second kappa shape index (κ2) is 4.11. The van der Waals surface area contributed by atoms with Crippen molar-refractivity contribution < 1.29 is 4.74 Å². The molecule has 0 bridgehead atoms. The van der Waals surface area contributed by atoms with Crippen molar-refractivity contribution in [3.05, 3.63) is 12.0 Å². The monoisotopic (exact) mass is 194 g/mol. The number of nitrogens with one attached hydrogen (secondary N) is 2. The zero-order valence-electron chi connectivity index (χ0n) is 7.79. The van der Waals surface area contributed by atoms with Crippen molar-refractivity contribution in [2.24, 2.45) is 0 Å². The maximum absolute atomic E-state index is 8.73. The summed E-state index contributed by atoms with van der Waals surface area (Å²) < 4.78 is 5.48. The predicted molar refractivity (Wildman–Crippen MR) is 50.5 cm³/mol. The van der Waals surface area contributed by atoms with Gasteiger partial charge in [0.25, 0.3) is 0 Å². The van der Waals surface area contributed by atoms with Gasteiger partial charge in [0, 0.05) is 6.61 Å². The minimum Gasteiger partial charge on any atom is -0.359 e. The summed E-state index contributed by atoms with van der Waals surface area (Å²) in [6, 6.07) is 2.03. The molecule has 1 atom stereocenters. The maximum atomic E-state index is 8.73. The Morgan fingerprint density at radius 3 is 3.29 bits per heavy atom. The number of aromatic nitrogens is 2. The third-order valence-electron chi connectivity index (χ3n) is 2.23. The first-order valence-electron chi connectivity index (χ1n) is 4.72. The lowest BCUT2D eigenvalue weighted by atomic mass is 10.2. The van der Waals surface area contributed by atoms with Crippen LogP contribution >= 0.6 is 0 Å². The molecule has 5 nitrogen and oxygen atoms in total. The fourth-order valence-electron chi connectivity index (χ4n) is 1.50. The Hall–Kier alpha value is -1.54. The average molecular weight is 194 g/mol. The molecule has 1 aromatic rings. The topological polar surface area (TPSA) is 73.7 Å². The normalized spacial score (nSPS) is 21.5. The molecule has 1 aromatic heterocycles. The fraction of sp³-hybridized carbons (Fsp3) is 0.556. The third-order valence-corrected chi connectivity index (χ3v) is 2.23. The van der Waals surface area contributed by atoms with E-state index in [1.54, 1.807) is 0 Å². The summed E-state index contributed by atoms with van der Waals surface area (Å²) in [5, 5.41) is 11.8. The van der Waals surface area contributed by atoms with Crippen LogP contribution in [0.5, 0.6) is 0 Å². The Morgan fingerprint density at radius 2 is 2.57 bits per heavy atom. The Morgan fingerprint density at radius 1 is 1.64 bits per heavy atom. The molecular weight excluding hydrogens is 182 g/mol. The van der Waals surface area contributed by atoms with Gasteiger partial charge in [-0.05, 0) is 19.3 Å². The first kappa shape index (κ1) is 9.03. The van der Waals surface area contributed by atoms with Gasteiger partial charge in [-0.2, -0.15) is 5.26 Å². The van der Waals surface area contributed by atoms with Crippen LogP contribution in [0.3, 0.4) is 0 Å². The van der Waals surface area contributed by atoms with Gasteiger partial charge in [-0.15, -0.1) is 0 Å². The number of aromatic amines is 1. The second-order valence-corrected chi connectivity index (χ2v) is 3.24. The molecule has 1 aliphatic heterocycles. The highest BCUT2D eigenvalue weighted by Gasteiger charge is 2.15. The molecule has 1 saturated heterocycles. The molecule has 0 spiro atoms. The molecule has 2 heterocycles. The van der Waals surface area contributed by atoms with Gasteiger partial charge in [0.2, 0.25) is 0 Å². The molecule has 0 aliphatic carbocycles. The number of imidazole rings is 1. The van der Waals surface area contributed by atoms with E-state index >= 15 is 0 Å². The van der Waals surface area contributed by atoms with Crippen LogP contribution in [0.4, 0.5) is 5.82 Å². The smallest absolute Gasteiger partial charge is 0.164 e. The van der Waals surface area contributed by atoms with Crippen LogP contribution in [-0.2, 0) is 4.74 Å². The Kier molecular flexibility index (Phi) is 2.65. The van der Waals surface area contributed by atoms with E-state index < -0.39 is 0 Å². The molecular formula is C9H12N4O. The van der Waals surface area contributed by atoms with Crippen molar-refractivity contribution in [3.8, 4) is 6.07 Å². The van der Waals surface area contributed by atoms with Crippen LogP contribution in [0.15, 0.2) is 6.33 Å². The lowest BCUT2D eigenvalue weighted by molar-refractivity contribution is 0.0341. The van der Waals surface area contributed by atoms with E-state index in [4.69, 9.17) is 10.00 Å². The first-order chi connectivity index (χ1) is 6.90. The number of hydrogen-bond acceptors (Lipinski definition) is 4. The lowest BCUT2D eigenvalue weighted by Crippen LogP contribution is -2.27. The third kappa shape index (κ3) is 1.86. The van der Waals surface area contributed by atoms with Crippen molar-refractivity contribution >= 4 is 5.82 Å². The first-order valence-corrected chi connectivity index (χ1v) is 4.72. The summed E-state index contributed by atoms with van der Waals surface area (Å²) in [6.45, 7) is 0.782. The maximum Gasteiger partial charge on any atom is 0.164 e. The summed E-state index contributed by atoms with van der Waals surface area (Å²) in [6.07, 6.45) is 4.74. The summed E-state index contributed by atoms with van der Waals surface area (Å²) >= 11 is 0.